The van der Waals surface area contributed by atoms with Gasteiger partial charge in [-0.05, 0) is 26.2 Å². The predicted molar refractivity (Wildman–Crippen MR) is 62.3 cm³/mol. The second-order valence-electron chi connectivity index (χ2n) is 4.81. The molecule has 4 heteroatoms. The molecule has 0 aromatic heterocycles. The van der Waals surface area contributed by atoms with Crippen LogP contribution < -0.4 is 5.32 Å². The van der Waals surface area contributed by atoms with E-state index in [-0.39, 0.29) is 24.6 Å². The van der Waals surface area contributed by atoms with Gasteiger partial charge in [-0.2, -0.15) is 0 Å². The van der Waals surface area contributed by atoms with E-state index in [2.05, 4.69) is 5.32 Å². The first-order chi connectivity index (χ1) is 7.59. The molecule has 0 aromatic rings. The van der Waals surface area contributed by atoms with Crippen molar-refractivity contribution in [2.45, 2.75) is 70.1 Å². The lowest BCUT2D eigenvalue weighted by molar-refractivity contribution is -0.137. The van der Waals surface area contributed by atoms with Crippen LogP contribution in [0.5, 0.6) is 0 Å². The van der Waals surface area contributed by atoms with Gasteiger partial charge in [-0.25, -0.2) is 0 Å². The summed E-state index contributed by atoms with van der Waals surface area (Å²) in [5, 5.41) is 21.8. The first-order valence-electron chi connectivity index (χ1n) is 6.25. The fourth-order valence-electron chi connectivity index (χ4n) is 2.27. The van der Waals surface area contributed by atoms with Gasteiger partial charge in [0, 0.05) is 18.5 Å². The molecule has 1 saturated carbocycles. The molecule has 3 atom stereocenters. The number of hydrogen-bond donors (Lipinski definition) is 3. The lowest BCUT2D eigenvalue weighted by Gasteiger charge is -2.25. The fourth-order valence-corrected chi connectivity index (χ4v) is 2.27. The average molecular weight is 229 g/mol. The highest BCUT2D eigenvalue weighted by atomic mass is 16.4. The zero-order chi connectivity index (χ0) is 12.0. The lowest BCUT2D eigenvalue weighted by Crippen LogP contribution is -2.44. The van der Waals surface area contributed by atoms with Crippen LogP contribution in [0.25, 0.3) is 0 Å². The molecule has 1 aliphatic rings. The molecule has 3 N–H and O–H groups in total. The van der Waals surface area contributed by atoms with Gasteiger partial charge in [-0.1, -0.05) is 19.3 Å². The quantitative estimate of drug-likeness (QED) is 0.625. The van der Waals surface area contributed by atoms with Crippen molar-refractivity contribution in [3.63, 3.8) is 0 Å². The number of rotatable bonds is 5. The van der Waals surface area contributed by atoms with Crippen molar-refractivity contribution < 1.29 is 15.0 Å². The van der Waals surface area contributed by atoms with Gasteiger partial charge in [-0.3, -0.25) is 4.79 Å². The third-order valence-electron chi connectivity index (χ3n) is 3.27. The molecule has 1 aliphatic carbocycles. The predicted octanol–water partition coefficient (Wildman–Crippen LogP) is 1.52. The largest absolute Gasteiger partial charge is 0.481 e. The lowest BCUT2D eigenvalue weighted by atomic mass is 10.0. The van der Waals surface area contributed by atoms with E-state index in [1.54, 1.807) is 0 Å². The SMILES string of the molecule is CC(CCC(=O)O)NC1CCCCCC1O. The molecule has 94 valence electrons. The summed E-state index contributed by atoms with van der Waals surface area (Å²) in [6, 6.07) is 0.306. The number of aliphatic hydroxyl groups is 1. The molecule has 0 radical (unpaired) electrons. The van der Waals surface area contributed by atoms with Crippen LogP contribution in [-0.2, 0) is 4.79 Å². The molecule has 0 spiro atoms. The molecule has 0 aromatic carbocycles. The second kappa shape index (κ2) is 6.86. The van der Waals surface area contributed by atoms with Crippen LogP contribution in [0.15, 0.2) is 0 Å². The van der Waals surface area contributed by atoms with Crippen LogP contribution in [-0.4, -0.2) is 34.4 Å². The highest BCUT2D eigenvalue weighted by Gasteiger charge is 2.22. The molecule has 4 nitrogen and oxygen atoms in total. The summed E-state index contributed by atoms with van der Waals surface area (Å²) in [5.41, 5.74) is 0. The maximum Gasteiger partial charge on any atom is 0.303 e. The Bertz CT molecular complexity index is 220. The zero-order valence-electron chi connectivity index (χ0n) is 9.98. The minimum atomic E-state index is -0.755. The van der Waals surface area contributed by atoms with Crippen molar-refractivity contribution in [2.24, 2.45) is 0 Å². The molecule has 0 bridgehead atoms. The highest BCUT2D eigenvalue weighted by Crippen LogP contribution is 2.18. The molecule has 0 saturated heterocycles. The number of carboxylic acids is 1. The van der Waals surface area contributed by atoms with E-state index in [1.165, 1.54) is 6.42 Å². The van der Waals surface area contributed by atoms with E-state index in [4.69, 9.17) is 5.11 Å². The smallest absolute Gasteiger partial charge is 0.303 e. The Labute approximate surface area is 97.0 Å². The Hall–Kier alpha value is -0.610. The Morgan fingerprint density at radius 2 is 2.06 bits per heavy atom. The second-order valence-corrected chi connectivity index (χ2v) is 4.81. The van der Waals surface area contributed by atoms with Crippen LogP contribution in [0.4, 0.5) is 0 Å². The Balaban J connectivity index is 2.30. The molecular weight excluding hydrogens is 206 g/mol. The van der Waals surface area contributed by atoms with E-state index in [1.807, 2.05) is 6.92 Å². The summed E-state index contributed by atoms with van der Waals surface area (Å²) < 4.78 is 0. The van der Waals surface area contributed by atoms with Crippen LogP contribution >= 0.6 is 0 Å². The summed E-state index contributed by atoms with van der Waals surface area (Å²) in [6.07, 6.45) is 5.86. The molecule has 0 aliphatic heterocycles. The standard InChI is InChI=1S/C12H23NO3/c1-9(7-8-12(15)16)13-10-5-3-2-4-6-11(10)14/h9-11,13-14H,2-8H2,1H3,(H,15,16). The van der Waals surface area contributed by atoms with E-state index < -0.39 is 5.97 Å². The Morgan fingerprint density at radius 1 is 1.38 bits per heavy atom. The molecule has 3 unspecified atom stereocenters. The van der Waals surface area contributed by atoms with Crippen LogP contribution in [0.2, 0.25) is 0 Å². The van der Waals surface area contributed by atoms with E-state index in [0.717, 1.165) is 25.7 Å². The maximum atomic E-state index is 10.4. The van der Waals surface area contributed by atoms with Crippen molar-refractivity contribution >= 4 is 5.97 Å². The number of aliphatic carboxylic acids is 1. The first kappa shape index (κ1) is 13.5. The summed E-state index contributed by atoms with van der Waals surface area (Å²) >= 11 is 0. The van der Waals surface area contributed by atoms with Crippen LogP contribution in [0, 0.1) is 0 Å². The topological polar surface area (TPSA) is 69.6 Å². The summed E-state index contributed by atoms with van der Waals surface area (Å²) in [4.78, 5) is 10.4. The van der Waals surface area contributed by atoms with Gasteiger partial charge in [-0.15, -0.1) is 0 Å². The first-order valence-corrected chi connectivity index (χ1v) is 6.25. The van der Waals surface area contributed by atoms with E-state index >= 15 is 0 Å². The number of aliphatic hydroxyl groups excluding tert-OH is 1. The normalized spacial score (nSPS) is 28.4. The fraction of sp³-hybridized carbons (Fsp3) is 0.917. The minimum absolute atomic E-state index is 0.145. The number of hydrogen-bond acceptors (Lipinski definition) is 3. The van der Waals surface area contributed by atoms with Gasteiger partial charge >= 0.3 is 5.97 Å². The molecule has 1 fully saturated rings. The summed E-state index contributed by atoms with van der Waals surface area (Å²) in [5.74, 6) is -0.755. The average Bonchev–Trinajstić information content (AvgIpc) is 2.42. The van der Waals surface area contributed by atoms with Gasteiger partial charge in [0.25, 0.3) is 0 Å². The number of carboxylic acid groups (broad SMARTS) is 1. The van der Waals surface area contributed by atoms with Crippen molar-refractivity contribution in [3.05, 3.63) is 0 Å². The zero-order valence-corrected chi connectivity index (χ0v) is 9.98. The van der Waals surface area contributed by atoms with Crippen molar-refractivity contribution in [2.75, 3.05) is 0 Å². The molecular formula is C12H23NO3. The third kappa shape index (κ3) is 4.94. The van der Waals surface area contributed by atoms with Crippen LogP contribution in [0.3, 0.4) is 0 Å². The maximum absolute atomic E-state index is 10.4. The molecule has 16 heavy (non-hydrogen) atoms. The molecule has 1 rings (SSSR count). The minimum Gasteiger partial charge on any atom is -0.481 e. The van der Waals surface area contributed by atoms with E-state index in [9.17, 15) is 9.90 Å². The Kier molecular flexibility index (Phi) is 5.77. The van der Waals surface area contributed by atoms with Crippen LogP contribution in [0.1, 0.15) is 51.9 Å². The van der Waals surface area contributed by atoms with Gasteiger partial charge in [0.2, 0.25) is 0 Å². The highest BCUT2D eigenvalue weighted by molar-refractivity contribution is 5.66. The van der Waals surface area contributed by atoms with E-state index in [0.29, 0.717) is 6.42 Å². The molecule has 0 amide bonds. The summed E-state index contributed by atoms with van der Waals surface area (Å²) in [6.45, 7) is 1.99. The van der Waals surface area contributed by atoms with Crippen molar-refractivity contribution in [3.8, 4) is 0 Å². The van der Waals surface area contributed by atoms with Gasteiger partial charge in [0.15, 0.2) is 0 Å². The van der Waals surface area contributed by atoms with Crippen molar-refractivity contribution in [1.29, 1.82) is 0 Å². The summed E-state index contributed by atoms with van der Waals surface area (Å²) in [7, 11) is 0. The number of nitrogens with one attached hydrogen (secondary N) is 1. The third-order valence-corrected chi connectivity index (χ3v) is 3.27. The molecule has 0 heterocycles. The monoisotopic (exact) mass is 229 g/mol. The van der Waals surface area contributed by atoms with Gasteiger partial charge < -0.3 is 15.5 Å². The Morgan fingerprint density at radius 3 is 2.75 bits per heavy atom. The van der Waals surface area contributed by atoms with Gasteiger partial charge in [0.1, 0.15) is 0 Å². The van der Waals surface area contributed by atoms with Crippen molar-refractivity contribution in [1.82, 2.24) is 5.32 Å². The number of carbonyl (C=O) groups is 1. The van der Waals surface area contributed by atoms with Gasteiger partial charge in [0.05, 0.1) is 6.10 Å².